The smallest absolute Gasteiger partial charge is 0.417 e. The molecule has 1 fully saturated rings. The number of hydrogen-bond acceptors (Lipinski definition) is 8. The summed E-state index contributed by atoms with van der Waals surface area (Å²) in [4.78, 5) is 39.4. The maximum Gasteiger partial charge on any atom is 0.417 e. The summed E-state index contributed by atoms with van der Waals surface area (Å²) in [5, 5.41) is 19.9. The van der Waals surface area contributed by atoms with E-state index in [-0.39, 0.29) is 23.4 Å². The number of rotatable bonds is 8. The van der Waals surface area contributed by atoms with Crippen LogP contribution in [0.2, 0.25) is 0 Å². The number of aliphatic hydroxyl groups is 2. The lowest BCUT2D eigenvalue weighted by atomic mass is 9.88. The minimum absolute atomic E-state index is 0.0532. The molecule has 0 bridgehead atoms. The molecule has 0 aromatic carbocycles. The van der Waals surface area contributed by atoms with Crippen molar-refractivity contribution in [1.82, 2.24) is 4.90 Å². The number of unbranched alkanes of at least 4 members (excludes halogenated alkanes) is 1. The van der Waals surface area contributed by atoms with Crippen LogP contribution < -0.4 is 0 Å². The number of imide groups is 1. The number of carbonyl (C=O) groups excluding carboxylic acids is 3. The van der Waals surface area contributed by atoms with Crippen molar-refractivity contribution in [1.29, 1.82) is 0 Å². The Hall–Kier alpha value is -1.33. The molecule has 0 aromatic rings. The van der Waals surface area contributed by atoms with Gasteiger partial charge < -0.3 is 24.4 Å². The minimum atomic E-state index is -1.85. The Labute approximate surface area is 184 Å². The molecule has 2 rings (SSSR count). The molecule has 0 radical (unpaired) electrons. The van der Waals surface area contributed by atoms with Crippen LogP contribution in [0, 0.1) is 5.92 Å². The lowest BCUT2D eigenvalue weighted by molar-refractivity contribution is -0.227. The van der Waals surface area contributed by atoms with Gasteiger partial charge in [-0.1, -0.05) is 13.8 Å². The molecule has 30 heavy (non-hydrogen) atoms. The van der Waals surface area contributed by atoms with Crippen LogP contribution in [0.4, 0.5) is 4.79 Å². The van der Waals surface area contributed by atoms with Gasteiger partial charge in [0.2, 0.25) is 0 Å². The summed E-state index contributed by atoms with van der Waals surface area (Å²) >= 11 is 3.15. The number of nitrogens with zero attached hydrogens (tertiary/aromatic N) is 1. The second-order valence-corrected chi connectivity index (χ2v) is 9.28. The van der Waals surface area contributed by atoms with Gasteiger partial charge in [0.05, 0.1) is 10.5 Å². The molecule has 9 nitrogen and oxygen atoms in total. The molecule has 0 saturated carbocycles. The highest BCUT2D eigenvalue weighted by atomic mass is 79.9. The molecule has 0 spiro atoms. The predicted octanol–water partition coefficient (Wildman–Crippen LogP) is 1.88. The van der Waals surface area contributed by atoms with Crippen LogP contribution in [0.1, 0.15) is 47.0 Å². The van der Waals surface area contributed by atoms with Gasteiger partial charge in [-0.25, -0.2) is 9.69 Å². The predicted molar refractivity (Wildman–Crippen MR) is 110 cm³/mol. The van der Waals surface area contributed by atoms with Gasteiger partial charge in [0.15, 0.2) is 23.8 Å². The Bertz CT molecular complexity index is 722. The average molecular weight is 492 g/mol. The second-order valence-electron chi connectivity index (χ2n) is 8.42. The van der Waals surface area contributed by atoms with Gasteiger partial charge in [-0.2, -0.15) is 0 Å². The Morgan fingerprint density at radius 2 is 1.97 bits per heavy atom. The van der Waals surface area contributed by atoms with E-state index in [0.29, 0.717) is 12.8 Å². The van der Waals surface area contributed by atoms with E-state index >= 15 is 0 Å². The first-order valence-corrected chi connectivity index (χ1v) is 10.7. The van der Waals surface area contributed by atoms with Gasteiger partial charge in [-0.05, 0) is 54.6 Å². The highest BCUT2D eigenvalue weighted by Gasteiger charge is 2.55. The Morgan fingerprint density at radius 1 is 1.33 bits per heavy atom. The summed E-state index contributed by atoms with van der Waals surface area (Å²) in [5.41, 5.74) is -0.912. The average Bonchev–Trinajstić information content (AvgIpc) is 2.88. The molecular weight excluding hydrogens is 462 g/mol. The van der Waals surface area contributed by atoms with Crippen molar-refractivity contribution in [2.24, 2.45) is 5.92 Å². The fourth-order valence-electron chi connectivity index (χ4n) is 4.09. The fourth-order valence-corrected chi connectivity index (χ4v) is 4.61. The van der Waals surface area contributed by atoms with E-state index in [1.807, 2.05) is 13.8 Å². The summed E-state index contributed by atoms with van der Waals surface area (Å²) in [7, 11) is 1.23. The zero-order chi connectivity index (χ0) is 22.9. The van der Waals surface area contributed by atoms with E-state index in [9.17, 15) is 19.5 Å². The molecule has 10 heteroatoms. The summed E-state index contributed by atoms with van der Waals surface area (Å²) in [6.07, 6.45) is -1.63. The van der Waals surface area contributed by atoms with Crippen molar-refractivity contribution in [2.45, 2.75) is 76.6 Å². The zero-order valence-corrected chi connectivity index (χ0v) is 19.5. The van der Waals surface area contributed by atoms with Crippen molar-refractivity contribution in [3.05, 3.63) is 10.6 Å². The van der Waals surface area contributed by atoms with E-state index in [1.54, 1.807) is 13.8 Å². The summed E-state index contributed by atoms with van der Waals surface area (Å²) in [6, 6.07) is -0.570. The fraction of sp³-hybridized carbons (Fsp3) is 0.750. The Balaban J connectivity index is 2.33. The normalized spacial score (nSPS) is 29.8. The van der Waals surface area contributed by atoms with Crippen molar-refractivity contribution >= 4 is 33.7 Å². The van der Waals surface area contributed by atoms with Gasteiger partial charge >= 0.3 is 6.09 Å². The molecule has 2 aliphatic rings. The maximum atomic E-state index is 13.3. The molecule has 2 aliphatic heterocycles. The van der Waals surface area contributed by atoms with Crippen molar-refractivity contribution in [2.75, 3.05) is 13.7 Å². The summed E-state index contributed by atoms with van der Waals surface area (Å²) in [5.74, 6) is -3.32. The number of aliphatic hydroxyl groups excluding tert-OH is 1. The third-order valence-corrected chi connectivity index (χ3v) is 6.20. The van der Waals surface area contributed by atoms with Gasteiger partial charge in [-0.3, -0.25) is 9.59 Å². The monoisotopic (exact) mass is 491 g/mol. The Morgan fingerprint density at radius 3 is 2.50 bits per heavy atom. The van der Waals surface area contributed by atoms with Crippen molar-refractivity contribution < 1.29 is 38.8 Å². The third-order valence-electron chi connectivity index (χ3n) is 5.35. The largest absolute Gasteiger partial charge is 0.441 e. The summed E-state index contributed by atoms with van der Waals surface area (Å²) < 4.78 is 16.4. The molecule has 4 atom stereocenters. The first kappa shape index (κ1) is 24.9. The number of carbonyl (C=O) groups is 3. The van der Waals surface area contributed by atoms with Crippen LogP contribution >= 0.6 is 15.9 Å². The highest BCUT2D eigenvalue weighted by Crippen LogP contribution is 2.38. The molecule has 2 N–H and O–H groups in total. The van der Waals surface area contributed by atoms with Gasteiger partial charge in [0.1, 0.15) is 5.60 Å². The van der Waals surface area contributed by atoms with Crippen LogP contribution in [0.15, 0.2) is 10.6 Å². The van der Waals surface area contributed by atoms with Crippen LogP contribution in [0.5, 0.6) is 0 Å². The van der Waals surface area contributed by atoms with E-state index in [0.717, 1.165) is 11.0 Å². The maximum absolute atomic E-state index is 13.3. The summed E-state index contributed by atoms with van der Waals surface area (Å²) in [6.45, 7) is 7.10. The molecule has 0 aromatic heterocycles. The number of cyclic esters (lactones) is 1. The van der Waals surface area contributed by atoms with Gasteiger partial charge in [0, 0.05) is 20.1 Å². The van der Waals surface area contributed by atoms with E-state index in [1.165, 1.54) is 7.11 Å². The first-order chi connectivity index (χ1) is 13.9. The topological polar surface area (TPSA) is 123 Å². The van der Waals surface area contributed by atoms with E-state index < -0.39 is 47.4 Å². The molecule has 0 unspecified atom stereocenters. The van der Waals surface area contributed by atoms with E-state index in [4.69, 9.17) is 19.3 Å². The van der Waals surface area contributed by atoms with Crippen LogP contribution in [-0.2, 0) is 23.8 Å². The molecule has 2 heterocycles. The van der Waals surface area contributed by atoms with Crippen LogP contribution in [-0.4, -0.2) is 76.3 Å². The quantitative estimate of drug-likeness (QED) is 0.493. The molecular formula is C20H30BrNO8. The van der Waals surface area contributed by atoms with Gasteiger partial charge in [-0.15, -0.1) is 0 Å². The van der Waals surface area contributed by atoms with Crippen LogP contribution in [0.3, 0.4) is 0 Å². The molecule has 170 valence electrons. The van der Waals surface area contributed by atoms with Crippen molar-refractivity contribution in [3.8, 4) is 0 Å². The lowest BCUT2D eigenvalue weighted by Crippen LogP contribution is -2.58. The van der Waals surface area contributed by atoms with E-state index in [2.05, 4.69) is 15.9 Å². The number of amides is 2. The molecule has 2 amide bonds. The number of hydrogen-bond donors (Lipinski definition) is 2. The number of ether oxygens (including phenoxy) is 3. The van der Waals surface area contributed by atoms with Crippen molar-refractivity contribution in [3.63, 3.8) is 0 Å². The number of methoxy groups -OCH3 is 1. The van der Waals surface area contributed by atoms with Gasteiger partial charge in [0.25, 0.3) is 5.91 Å². The zero-order valence-electron chi connectivity index (χ0n) is 17.9. The highest BCUT2D eigenvalue weighted by molar-refractivity contribution is 9.11. The lowest BCUT2D eigenvalue weighted by Gasteiger charge is -2.38. The Kier molecular flexibility index (Phi) is 7.84. The standard InChI is InChI=1S/C20H30BrNO8/c1-11(2)16-19(3,4)30-18(26)22(16)17(25)15(28-5)14-12(24)10-13(21)20(27,29-14)8-6-7-9-23/h10-11,14-16,23,27H,6-9H2,1-5H3/t14-,15-,16-,20+/m0/s1. The first-order valence-electron chi connectivity index (χ1n) is 9.91. The third kappa shape index (κ3) is 4.77. The SMILES string of the molecule is CO[C@H](C(=O)N1C(=O)OC(C)(C)[C@@H]1C(C)C)[C@H]1O[C@](O)(CCCCO)C(Br)=CC1=O. The second kappa shape index (κ2) is 9.44. The molecule has 0 aliphatic carbocycles. The number of halogens is 1. The van der Waals surface area contributed by atoms with Crippen LogP contribution in [0.25, 0.3) is 0 Å². The minimum Gasteiger partial charge on any atom is -0.441 e. The number of ketones is 1. The molecule has 1 saturated heterocycles.